The normalized spacial score (nSPS) is 12.4. The fraction of sp³-hybridized carbons (Fsp3) is 0.182. The highest BCUT2D eigenvalue weighted by Gasteiger charge is 2.29. The van der Waals surface area contributed by atoms with E-state index in [1.54, 1.807) is 4.90 Å². The highest BCUT2D eigenvalue weighted by atomic mass is 19.1. The summed E-state index contributed by atoms with van der Waals surface area (Å²) >= 11 is 0. The maximum Gasteiger partial charge on any atom is 0.298 e. The van der Waals surface area contributed by atoms with E-state index >= 15 is 0 Å². The van der Waals surface area contributed by atoms with Crippen molar-refractivity contribution in [3.05, 3.63) is 81.5 Å². The van der Waals surface area contributed by atoms with E-state index in [4.69, 9.17) is 0 Å². The van der Waals surface area contributed by atoms with Crippen molar-refractivity contribution < 1.29 is 19.1 Å². The molecule has 0 fully saturated rings. The molecule has 0 saturated heterocycles. The lowest BCUT2D eigenvalue weighted by Crippen LogP contribution is -2.30. The summed E-state index contributed by atoms with van der Waals surface area (Å²) < 4.78 is 14.9. The Hall–Kier alpha value is -4.21. The molecule has 0 unspecified atom stereocenters. The Morgan fingerprint density at radius 2 is 1.88 bits per heavy atom. The minimum absolute atomic E-state index is 0.0641. The van der Waals surface area contributed by atoms with Crippen LogP contribution in [0.2, 0.25) is 0 Å². The van der Waals surface area contributed by atoms with Crippen molar-refractivity contribution in [3.8, 4) is 5.75 Å². The molecule has 0 spiro atoms. The van der Waals surface area contributed by atoms with Gasteiger partial charge >= 0.3 is 0 Å². The quantitative estimate of drug-likeness (QED) is 0.558. The number of halogens is 1. The van der Waals surface area contributed by atoms with E-state index < -0.39 is 34.6 Å². The van der Waals surface area contributed by atoms with Gasteiger partial charge in [-0.25, -0.2) is 9.37 Å². The molecule has 9 nitrogen and oxygen atoms in total. The predicted molar refractivity (Wildman–Crippen MR) is 115 cm³/mol. The molecule has 1 aromatic heterocycles. The highest BCUT2D eigenvalue weighted by Crippen LogP contribution is 2.28. The second-order valence-electron chi connectivity index (χ2n) is 7.12. The lowest BCUT2D eigenvalue weighted by Gasteiger charge is -2.18. The van der Waals surface area contributed by atoms with Gasteiger partial charge in [0, 0.05) is 37.9 Å². The minimum Gasteiger partial charge on any atom is -0.501 e. The van der Waals surface area contributed by atoms with Crippen molar-refractivity contribution in [3.63, 3.8) is 0 Å². The van der Waals surface area contributed by atoms with E-state index in [1.807, 2.05) is 30.3 Å². The number of hydrogen-bond donors (Lipinski definition) is 3. The van der Waals surface area contributed by atoms with Gasteiger partial charge in [0.2, 0.25) is 11.7 Å². The summed E-state index contributed by atoms with van der Waals surface area (Å²) in [6, 6.07) is 12.9. The van der Waals surface area contributed by atoms with Gasteiger partial charge in [-0.05, 0) is 29.8 Å². The number of aromatic nitrogens is 2. The van der Waals surface area contributed by atoms with Crippen LogP contribution in [0.25, 0.3) is 0 Å². The molecule has 0 atom stereocenters. The Morgan fingerprint density at radius 3 is 2.59 bits per heavy atom. The number of nitrogens with one attached hydrogen (secondary N) is 2. The van der Waals surface area contributed by atoms with Crippen LogP contribution in [0.3, 0.4) is 0 Å². The van der Waals surface area contributed by atoms with Gasteiger partial charge in [0.15, 0.2) is 5.69 Å². The highest BCUT2D eigenvalue weighted by molar-refractivity contribution is 5.97. The number of amides is 2. The molecule has 1 aliphatic heterocycles. The summed E-state index contributed by atoms with van der Waals surface area (Å²) in [4.78, 5) is 43.4. The second-order valence-corrected chi connectivity index (χ2v) is 7.12. The zero-order valence-corrected chi connectivity index (χ0v) is 17.1. The van der Waals surface area contributed by atoms with Gasteiger partial charge in [0.05, 0.1) is 0 Å². The summed E-state index contributed by atoms with van der Waals surface area (Å²) in [7, 11) is 1.41. The third-order valence-corrected chi connectivity index (χ3v) is 5.18. The smallest absolute Gasteiger partial charge is 0.298 e. The number of aromatic hydroxyl groups is 1. The number of anilines is 2. The van der Waals surface area contributed by atoms with Crippen LogP contribution in [-0.2, 0) is 13.1 Å². The number of rotatable bonds is 5. The van der Waals surface area contributed by atoms with Crippen molar-refractivity contribution in [2.24, 2.45) is 0 Å². The van der Waals surface area contributed by atoms with E-state index in [1.165, 1.54) is 23.7 Å². The average molecular weight is 437 g/mol. The topological polar surface area (TPSA) is 117 Å². The van der Waals surface area contributed by atoms with Crippen LogP contribution in [0.15, 0.2) is 53.3 Å². The zero-order valence-electron chi connectivity index (χ0n) is 17.1. The Labute approximate surface area is 182 Å². The average Bonchev–Trinajstić information content (AvgIpc) is 3.24. The molecular formula is C22H20FN5O4. The fourth-order valence-corrected chi connectivity index (χ4v) is 3.56. The second kappa shape index (κ2) is 8.50. The first-order chi connectivity index (χ1) is 15.4. The molecule has 0 aliphatic carbocycles. The monoisotopic (exact) mass is 437 g/mol. The molecule has 164 valence electrons. The Balaban J connectivity index is 1.63. The first-order valence-corrected chi connectivity index (χ1v) is 9.85. The third kappa shape index (κ3) is 3.78. The van der Waals surface area contributed by atoms with Crippen molar-refractivity contribution in [1.82, 2.24) is 20.2 Å². The summed E-state index contributed by atoms with van der Waals surface area (Å²) in [5, 5.41) is 15.3. The van der Waals surface area contributed by atoms with Gasteiger partial charge in [-0.15, -0.1) is 0 Å². The summed E-state index contributed by atoms with van der Waals surface area (Å²) in [6.45, 7) is 0.641. The molecule has 3 aromatic rings. The van der Waals surface area contributed by atoms with Crippen LogP contribution in [0.1, 0.15) is 26.4 Å². The van der Waals surface area contributed by atoms with Crippen molar-refractivity contribution in [2.75, 3.05) is 18.5 Å². The molecule has 10 heteroatoms. The summed E-state index contributed by atoms with van der Waals surface area (Å²) in [5.74, 6) is -2.41. The van der Waals surface area contributed by atoms with Crippen LogP contribution < -0.4 is 21.1 Å². The van der Waals surface area contributed by atoms with Crippen LogP contribution >= 0.6 is 0 Å². The number of para-hydroxylation sites is 1. The van der Waals surface area contributed by atoms with Gasteiger partial charge in [-0.1, -0.05) is 24.3 Å². The maximum absolute atomic E-state index is 13.6. The molecule has 0 bridgehead atoms. The Bertz CT molecular complexity index is 1260. The molecule has 0 radical (unpaired) electrons. The van der Waals surface area contributed by atoms with Crippen molar-refractivity contribution in [1.29, 1.82) is 0 Å². The molecule has 2 aromatic carbocycles. The lowest BCUT2D eigenvalue weighted by atomic mass is 10.1. The number of nitrogens with zero attached hydrogens (tertiary/aromatic N) is 3. The molecule has 32 heavy (non-hydrogen) atoms. The fourth-order valence-electron chi connectivity index (χ4n) is 3.56. The lowest BCUT2D eigenvalue weighted by molar-refractivity contribution is 0.0933. The third-order valence-electron chi connectivity index (χ3n) is 5.18. The number of carbonyl (C=O) groups excluding carboxylic acids is 2. The van der Waals surface area contributed by atoms with Gasteiger partial charge in [-0.2, -0.15) is 0 Å². The first-order valence-electron chi connectivity index (χ1n) is 9.85. The zero-order chi connectivity index (χ0) is 22.8. The minimum atomic E-state index is -0.796. The SMILES string of the molecule is CNC(=O)c1cc(F)ccc1CNC(=O)c1nc2n(c(=O)c1O)CCN2c1ccccc1. The first kappa shape index (κ1) is 21.0. The van der Waals surface area contributed by atoms with Gasteiger partial charge < -0.3 is 20.6 Å². The van der Waals surface area contributed by atoms with Crippen molar-refractivity contribution >= 4 is 23.5 Å². The molecule has 0 saturated carbocycles. The van der Waals surface area contributed by atoms with E-state index in [0.717, 1.165) is 11.8 Å². The van der Waals surface area contributed by atoms with E-state index in [-0.39, 0.29) is 18.1 Å². The van der Waals surface area contributed by atoms with Crippen LogP contribution in [0.5, 0.6) is 5.75 Å². The van der Waals surface area contributed by atoms with Gasteiger partial charge in [-0.3, -0.25) is 19.0 Å². The predicted octanol–water partition coefficient (Wildman–Crippen LogP) is 1.53. The standard InChI is InChI=1S/C22H20FN5O4/c1-24-19(30)16-11-14(23)8-7-13(16)12-25-20(31)17-18(29)21(32)28-10-9-27(22(28)26-17)15-5-3-2-4-6-15/h2-8,11,29H,9-10,12H2,1H3,(H,24,30)(H,25,31). The van der Waals surface area contributed by atoms with E-state index in [0.29, 0.717) is 18.7 Å². The van der Waals surface area contributed by atoms with Gasteiger partial charge in [0.25, 0.3) is 17.4 Å². The largest absolute Gasteiger partial charge is 0.501 e. The molecule has 2 heterocycles. The molecule has 3 N–H and O–H groups in total. The molecule has 2 amide bonds. The van der Waals surface area contributed by atoms with Crippen LogP contribution in [0, 0.1) is 5.82 Å². The molecular weight excluding hydrogens is 417 g/mol. The Kier molecular flexibility index (Phi) is 5.59. The molecule has 4 rings (SSSR count). The van der Waals surface area contributed by atoms with Gasteiger partial charge in [0.1, 0.15) is 5.82 Å². The van der Waals surface area contributed by atoms with Crippen LogP contribution in [0.4, 0.5) is 16.0 Å². The number of benzene rings is 2. The van der Waals surface area contributed by atoms with Crippen molar-refractivity contribution in [2.45, 2.75) is 13.1 Å². The van der Waals surface area contributed by atoms with E-state index in [2.05, 4.69) is 15.6 Å². The number of carbonyl (C=O) groups is 2. The summed E-state index contributed by atoms with van der Waals surface area (Å²) in [5.41, 5.74) is 0.0833. The summed E-state index contributed by atoms with van der Waals surface area (Å²) in [6.07, 6.45) is 0. The maximum atomic E-state index is 13.6. The molecule has 1 aliphatic rings. The number of hydrogen-bond acceptors (Lipinski definition) is 6. The number of fused-ring (bicyclic) bond motifs is 1. The van der Waals surface area contributed by atoms with Crippen LogP contribution in [-0.4, -0.2) is 40.1 Å². The Morgan fingerprint density at radius 1 is 1.12 bits per heavy atom. The van der Waals surface area contributed by atoms with E-state index in [9.17, 15) is 23.9 Å².